The molecule has 0 aliphatic heterocycles. The average Bonchev–Trinajstić information content (AvgIpc) is 3.50. The van der Waals surface area contributed by atoms with Crippen LogP contribution < -0.4 is 0 Å². The molecule has 0 atom stereocenters. The molecule has 0 saturated carbocycles. The van der Waals surface area contributed by atoms with E-state index >= 15 is 0 Å². The SMILES string of the molecule is CC(C)(C)c1cccc(-c2cc3c(cc2-c2cccc(C(C)(C)C)c2)C2c4cc(-c5cccc(C(C)(C)C)c5)c(-c5cccc(C(C)(C)C)c5)cc4C3c3cc(-c4cccc(C(C)(C)C)c4)c(-c4cccc(C(C)(C)C)c4)cc32)c1. The summed E-state index contributed by atoms with van der Waals surface area (Å²) in [6, 6.07) is 72.4. The van der Waals surface area contributed by atoms with Crippen molar-refractivity contribution in [2.45, 2.75) is 169 Å². The van der Waals surface area contributed by atoms with Crippen LogP contribution in [0, 0.1) is 0 Å². The molecule has 80 heavy (non-hydrogen) atoms. The largest absolute Gasteiger partial charge is 0.0614 e. The molecule has 0 aromatic heterocycles. The van der Waals surface area contributed by atoms with Crippen LogP contribution in [0.15, 0.2) is 182 Å². The fourth-order valence-electron chi connectivity index (χ4n) is 12.8. The standard InChI is InChI=1S/C80H86/c1-75(2,3)55-31-19-25-49(37-55)61-43-67-68(44-62(61)50-26-20-32-56(38-50)76(4,5)6)74-71-47-65(53-29-23-35-59(41-53)79(13,14)15)63(51-27-21-33-57(39-51)77(7,8)9)45-69(71)73(67)70-46-64(52-28-22-34-58(40-52)78(10,11)12)66(48-72(70)74)54-30-24-36-60(42-54)80(16,17)18/h19-48,73-74H,1-18H3. The minimum atomic E-state index is -0.0291. The quantitative estimate of drug-likeness (QED) is 0.156. The molecular formula is C80H86. The van der Waals surface area contributed by atoms with Crippen LogP contribution in [-0.4, -0.2) is 0 Å². The second-order valence-corrected chi connectivity index (χ2v) is 29.9. The molecule has 0 amide bonds. The van der Waals surface area contributed by atoms with Crippen LogP contribution in [0.1, 0.15) is 203 Å². The second-order valence-electron chi connectivity index (χ2n) is 29.9. The van der Waals surface area contributed by atoms with Gasteiger partial charge in [-0.3, -0.25) is 0 Å². The van der Waals surface area contributed by atoms with E-state index in [-0.39, 0.29) is 44.3 Å². The van der Waals surface area contributed by atoms with Crippen molar-refractivity contribution in [1.82, 2.24) is 0 Å². The molecule has 0 unspecified atom stereocenters. The van der Waals surface area contributed by atoms with E-state index in [2.05, 4.69) is 307 Å². The fourth-order valence-corrected chi connectivity index (χ4v) is 12.8. The van der Waals surface area contributed by atoms with Crippen molar-refractivity contribution < 1.29 is 0 Å². The average molecular weight is 1050 g/mol. The van der Waals surface area contributed by atoms with Gasteiger partial charge in [0.2, 0.25) is 0 Å². The van der Waals surface area contributed by atoms with Gasteiger partial charge in [0, 0.05) is 11.8 Å². The monoisotopic (exact) mass is 1050 g/mol. The third-order valence-electron chi connectivity index (χ3n) is 17.8. The second kappa shape index (κ2) is 19.3. The number of rotatable bonds is 6. The number of benzene rings is 9. The van der Waals surface area contributed by atoms with Crippen molar-refractivity contribution in [3.05, 3.63) is 249 Å². The van der Waals surface area contributed by atoms with Gasteiger partial charge in [-0.1, -0.05) is 270 Å². The smallest absolute Gasteiger partial charge is 0.0349 e. The van der Waals surface area contributed by atoms with Gasteiger partial charge >= 0.3 is 0 Å². The van der Waals surface area contributed by atoms with Gasteiger partial charge in [0.15, 0.2) is 0 Å². The summed E-state index contributed by atoms with van der Waals surface area (Å²) in [5, 5.41) is 0. The lowest BCUT2D eigenvalue weighted by molar-refractivity contribution is 0.590. The van der Waals surface area contributed by atoms with Gasteiger partial charge in [-0.05, 0) is 202 Å². The van der Waals surface area contributed by atoms with Crippen molar-refractivity contribution >= 4 is 0 Å². The maximum atomic E-state index is 2.64. The lowest BCUT2D eigenvalue weighted by atomic mass is 9.59. The van der Waals surface area contributed by atoms with Gasteiger partial charge in [0.05, 0.1) is 0 Å². The van der Waals surface area contributed by atoms with Crippen LogP contribution >= 0.6 is 0 Å². The topological polar surface area (TPSA) is 0 Å². The Morgan fingerprint density at radius 3 is 0.450 bits per heavy atom. The Morgan fingerprint density at radius 1 is 0.188 bits per heavy atom. The van der Waals surface area contributed by atoms with E-state index < -0.39 is 0 Å². The molecule has 2 bridgehead atoms. The Kier molecular flexibility index (Phi) is 13.3. The molecule has 9 aromatic rings. The molecule has 0 radical (unpaired) electrons. The zero-order valence-electron chi connectivity index (χ0n) is 51.5. The van der Waals surface area contributed by atoms with E-state index in [4.69, 9.17) is 0 Å². The fraction of sp³-hybridized carbons (Fsp3) is 0.325. The van der Waals surface area contributed by atoms with Crippen molar-refractivity contribution in [1.29, 1.82) is 0 Å². The zero-order chi connectivity index (χ0) is 57.2. The first-order valence-electron chi connectivity index (χ1n) is 29.6. The minimum Gasteiger partial charge on any atom is -0.0614 e. The van der Waals surface area contributed by atoms with E-state index in [1.165, 1.54) is 134 Å². The van der Waals surface area contributed by atoms with Crippen molar-refractivity contribution in [3.8, 4) is 66.8 Å². The minimum absolute atomic E-state index is 0.0108. The van der Waals surface area contributed by atoms with Gasteiger partial charge in [-0.2, -0.15) is 0 Å². The van der Waals surface area contributed by atoms with Gasteiger partial charge < -0.3 is 0 Å². The summed E-state index contributed by atoms with van der Waals surface area (Å²) >= 11 is 0. The lowest BCUT2D eigenvalue weighted by Crippen LogP contribution is -2.28. The van der Waals surface area contributed by atoms with Gasteiger partial charge in [0.1, 0.15) is 0 Å². The first-order valence-corrected chi connectivity index (χ1v) is 29.6. The van der Waals surface area contributed by atoms with Crippen LogP contribution in [0.2, 0.25) is 0 Å². The summed E-state index contributed by atoms with van der Waals surface area (Å²) in [6.45, 7) is 42.1. The summed E-state index contributed by atoms with van der Waals surface area (Å²) in [4.78, 5) is 0. The first-order chi connectivity index (χ1) is 37.4. The Labute approximate surface area is 481 Å². The maximum absolute atomic E-state index is 2.64. The van der Waals surface area contributed by atoms with Gasteiger partial charge in [-0.25, -0.2) is 0 Å². The van der Waals surface area contributed by atoms with E-state index in [1.807, 2.05) is 0 Å². The highest BCUT2D eigenvalue weighted by Crippen LogP contribution is 2.61. The maximum Gasteiger partial charge on any atom is 0.0349 e. The predicted octanol–water partition coefficient (Wildman–Crippen LogP) is 22.5. The normalized spacial score (nSPS) is 15.4. The molecule has 3 aliphatic rings. The molecule has 0 nitrogen and oxygen atoms in total. The molecular weight excluding hydrogens is 961 g/mol. The molecule has 0 saturated heterocycles. The Balaban J connectivity index is 1.28. The summed E-state index contributed by atoms with van der Waals surface area (Å²) in [7, 11) is 0. The van der Waals surface area contributed by atoms with E-state index in [9.17, 15) is 0 Å². The highest BCUT2D eigenvalue weighted by atomic mass is 14.5. The molecule has 406 valence electrons. The predicted molar refractivity (Wildman–Crippen MR) is 346 cm³/mol. The summed E-state index contributed by atoms with van der Waals surface area (Å²) in [5.41, 5.74) is 31.8. The highest BCUT2D eigenvalue weighted by Gasteiger charge is 2.44. The van der Waals surface area contributed by atoms with Gasteiger partial charge in [0.25, 0.3) is 0 Å². The van der Waals surface area contributed by atoms with Crippen LogP contribution in [-0.2, 0) is 32.5 Å². The van der Waals surface area contributed by atoms with E-state index in [0.717, 1.165) is 0 Å². The van der Waals surface area contributed by atoms with Crippen molar-refractivity contribution in [2.75, 3.05) is 0 Å². The number of hydrogen-bond acceptors (Lipinski definition) is 0. The van der Waals surface area contributed by atoms with E-state index in [1.54, 1.807) is 0 Å². The molecule has 12 rings (SSSR count). The lowest BCUT2D eigenvalue weighted by Gasteiger charge is -2.44. The van der Waals surface area contributed by atoms with Crippen molar-refractivity contribution in [3.63, 3.8) is 0 Å². The van der Waals surface area contributed by atoms with Crippen LogP contribution in [0.25, 0.3) is 66.8 Å². The van der Waals surface area contributed by atoms with Crippen LogP contribution in [0.3, 0.4) is 0 Å². The molecule has 9 aromatic carbocycles. The summed E-state index contributed by atoms with van der Waals surface area (Å²) in [5.74, 6) is -0.0583. The third-order valence-corrected chi connectivity index (χ3v) is 17.8. The number of hydrogen-bond donors (Lipinski definition) is 0. The summed E-state index contributed by atoms with van der Waals surface area (Å²) in [6.07, 6.45) is 0. The van der Waals surface area contributed by atoms with Crippen molar-refractivity contribution in [2.24, 2.45) is 0 Å². The Hall–Kier alpha value is -7.02. The zero-order valence-corrected chi connectivity index (χ0v) is 51.5. The molecule has 0 heteroatoms. The van der Waals surface area contributed by atoms with Crippen LogP contribution in [0.5, 0.6) is 0 Å². The summed E-state index contributed by atoms with van der Waals surface area (Å²) < 4.78 is 0. The third kappa shape index (κ3) is 10.2. The first kappa shape index (κ1) is 54.9. The highest BCUT2D eigenvalue weighted by molar-refractivity contribution is 5.93. The molecule has 0 N–H and O–H groups in total. The molecule has 0 heterocycles. The van der Waals surface area contributed by atoms with Gasteiger partial charge in [-0.15, -0.1) is 0 Å². The Bertz CT molecular complexity index is 3220. The molecule has 0 fully saturated rings. The molecule has 0 spiro atoms. The Morgan fingerprint density at radius 2 is 0.325 bits per heavy atom. The molecule has 3 aliphatic carbocycles. The van der Waals surface area contributed by atoms with Crippen LogP contribution in [0.4, 0.5) is 0 Å². The van der Waals surface area contributed by atoms with E-state index in [0.29, 0.717) is 0 Å².